The number of piperazine rings is 1. The van der Waals surface area contributed by atoms with Crippen LogP contribution in [0.25, 0.3) is 0 Å². The first-order valence-corrected chi connectivity index (χ1v) is 8.85. The van der Waals surface area contributed by atoms with Crippen molar-refractivity contribution in [3.05, 3.63) is 29.8 Å². The maximum atomic E-state index is 12.2. The summed E-state index contributed by atoms with van der Waals surface area (Å²) in [5.74, 6) is 1.01. The molecule has 1 aromatic rings. The number of carbonyl (C=O) groups excluding carboxylic acids is 1. The lowest BCUT2D eigenvalue weighted by atomic mass is 10.2. The van der Waals surface area contributed by atoms with Crippen molar-refractivity contribution in [1.29, 1.82) is 0 Å². The van der Waals surface area contributed by atoms with Crippen LogP contribution in [-0.4, -0.2) is 67.2 Å². The summed E-state index contributed by atoms with van der Waals surface area (Å²) in [5.41, 5.74) is 0.868. The number of hydrogen-bond donors (Lipinski definition) is 1. The van der Waals surface area contributed by atoms with Gasteiger partial charge in [-0.2, -0.15) is 13.2 Å². The predicted molar refractivity (Wildman–Crippen MR) is 112 cm³/mol. The van der Waals surface area contributed by atoms with E-state index in [1.54, 1.807) is 24.0 Å². The second-order valence-electron chi connectivity index (χ2n) is 6.21. The molecule has 1 heterocycles. The Labute approximate surface area is 180 Å². The van der Waals surface area contributed by atoms with E-state index < -0.39 is 12.8 Å². The molecule has 1 N–H and O–H groups in total. The normalized spacial score (nSPS) is 15.1. The van der Waals surface area contributed by atoms with E-state index in [0.717, 1.165) is 18.1 Å². The number of ether oxygens (including phenoxy) is 1. The quantitative estimate of drug-likeness (QED) is 0.373. The van der Waals surface area contributed by atoms with Gasteiger partial charge < -0.3 is 19.9 Å². The van der Waals surface area contributed by atoms with E-state index in [1.165, 1.54) is 12.1 Å². The Morgan fingerprint density at radius 2 is 1.71 bits per heavy atom. The summed E-state index contributed by atoms with van der Waals surface area (Å²) < 4.78 is 41.2. The van der Waals surface area contributed by atoms with E-state index in [9.17, 15) is 18.0 Å². The molecular formula is C18H26F3IN4O2. The molecule has 6 nitrogen and oxygen atoms in total. The zero-order valence-corrected chi connectivity index (χ0v) is 18.3. The summed E-state index contributed by atoms with van der Waals surface area (Å²) in [7, 11) is 0. The first-order valence-electron chi connectivity index (χ1n) is 8.85. The highest BCUT2D eigenvalue weighted by Crippen LogP contribution is 2.19. The highest BCUT2D eigenvalue weighted by atomic mass is 127. The van der Waals surface area contributed by atoms with Crippen LogP contribution >= 0.6 is 24.0 Å². The highest BCUT2D eigenvalue weighted by molar-refractivity contribution is 14.0. The standard InChI is InChI=1S/C18H25F3N4O2.HI/c1-3-22-17(25-10-8-24(9-11-25)14(2)26)23-12-15-4-6-16(7-5-15)27-13-18(19,20)21;/h4-7H,3,8-13H2,1-2H3,(H,22,23);1H. The van der Waals surface area contributed by atoms with E-state index in [4.69, 9.17) is 4.74 Å². The van der Waals surface area contributed by atoms with E-state index in [0.29, 0.717) is 32.7 Å². The fourth-order valence-electron chi connectivity index (χ4n) is 2.68. The Kier molecular flexibility index (Phi) is 9.83. The van der Waals surface area contributed by atoms with Gasteiger partial charge in [0, 0.05) is 39.6 Å². The van der Waals surface area contributed by atoms with Gasteiger partial charge >= 0.3 is 6.18 Å². The summed E-state index contributed by atoms with van der Waals surface area (Å²) in [6.45, 7) is 6.08. The van der Waals surface area contributed by atoms with Crippen LogP contribution in [0.4, 0.5) is 13.2 Å². The maximum absolute atomic E-state index is 12.2. The fraction of sp³-hybridized carbons (Fsp3) is 0.556. The van der Waals surface area contributed by atoms with Gasteiger partial charge in [0.05, 0.1) is 6.54 Å². The summed E-state index contributed by atoms with van der Waals surface area (Å²) in [6, 6.07) is 6.42. The Balaban J connectivity index is 0.00000392. The van der Waals surface area contributed by atoms with Gasteiger partial charge in [-0.3, -0.25) is 4.79 Å². The Morgan fingerprint density at radius 1 is 1.14 bits per heavy atom. The Morgan fingerprint density at radius 3 is 2.21 bits per heavy atom. The van der Waals surface area contributed by atoms with Gasteiger partial charge in [-0.1, -0.05) is 12.1 Å². The van der Waals surface area contributed by atoms with E-state index in [2.05, 4.69) is 15.2 Å². The summed E-state index contributed by atoms with van der Waals surface area (Å²) >= 11 is 0. The van der Waals surface area contributed by atoms with E-state index in [1.807, 2.05) is 6.92 Å². The molecule has 0 aliphatic carbocycles. The molecule has 1 aliphatic rings. The lowest BCUT2D eigenvalue weighted by Crippen LogP contribution is -2.53. The number of alkyl halides is 3. The number of carbonyl (C=O) groups is 1. The minimum atomic E-state index is -4.35. The highest BCUT2D eigenvalue weighted by Gasteiger charge is 2.28. The van der Waals surface area contributed by atoms with Crippen LogP contribution in [0.2, 0.25) is 0 Å². The van der Waals surface area contributed by atoms with Crippen molar-refractivity contribution in [3.8, 4) is 5.75 Å². The molecule has 158 valence electrons. The van der Waals surface area contributed by atoms with Crippen molar-refractivity contribution in [1.82, 2.24) is 15.1 Å². The minimum Gasteiger partial charge on any atom is -0.484 e. The van der Waals surface area contributed by atoms with Crippen LogP contribution in [0.3, 0.4) is 0 Å². The molecule has 1 aliphatic heterocycles. The summed E-state index contributed by atoms with van der Waals surface area (Å²) in [5, 5.41) is 3.24. The molecule has 0 aromatic heterocycles. The Bertz CT molecular complexity index is 645. The fourth-order valence-corrected chi connectivity index (χ4v) is 2.68. The smallest absolute Gasteiger partial charge is 0.422 e. The number of nitrogens with zero attached hydrogens (tertiary/aromatic N) is 3. The zero-order valence-electron chi connectivity index (χ0n) is 16.0. The number of guanidine groups is 1. The molecule has 2 rings (SSSR count). The van der Waals surface area contributed by atoms with Crippen molar-refractivity contribution < 1.29 is 22.7 Å². The topological polar surface area (TPSA) is 57.2 Å². The lowest BCUT2D eigenvalue weighted by Gasteiger charge is -2.36. The van der Waals surface area contributed by atoms with Crippen molar-refractivity contribution in [2.75, 3.05) is 39.3 Å². The number of hydrogen-bond acceptors (Lipinski definition) is 3. The SMILES string of the molecule is CCNC(=NCc1ccc(OCC(F)(F)F)cc1)N1CCN(C(C)=O)CC1.I. The van der Waals surface area contributed by atoms with Crippen LogP contribution in [0.1, 0.15) is 19.4 Å². The van der Waals surface area contributed by atoms with Crippen LogP contribution < -0.4 is 10.1 Å². The van der Waals surface area contributed by atoms with Crippen LogP contribution in [0, 0.1) is 0 Å². The van der Waals surface area contributed by atoms with Crippen molar-refractivity contribution in [2.45, 2.75) is 26.6 Å². The number of amides is 1. The van der Waals surface area contributed by atoms with Crippen molar-refractivity contribution in [2.24, 2.45) is 4.99 Å². The van der Waals surface area contributed by atoms with Gasteiger partial charge in [0.25, 0.3) is 0 Å². The second kappa shape index (κ2) is 11.3. The van der Waals surface area contributed by atoms with E-state index >= 15 is 0 Å². The number of rotatable bonds is 5. The van der Waals surface area contributed by atoms with Gasteiger partial charge in [0.15, 0.2) is 12.6 Å². The summed E-state index contributed by atoms with van der Waals surface area (Å²) in [6.07, 6.45) is -4.35. The number of nitrogens with one attached hydrogen (secondary N) is 1. The molecule has 1 amide bonds. The van der Waals surface area contributed by atoms with Crippen LogP contribution in [0.15, 0.2) is 29.3 Å². The molecule has 0 unspecified atom stereocenters. The van der Waals surface area contributed by atoms with Crippen molar-refractivity contribution >= 4 is 35.8 Å². The summed E-state index contributed by atoms with van der Waals surface area (Å²) in [4.78, 5) is 19.9. The molecule has 1 saturated heterocycles. The first-order chi connectivity index (χ1) is 12.8. The molecule has 0 spiro atoms. The molecule has 1 fully saturated rings. The molecule has 0 radical (unpaired) electrons. The molecule has 0 bridgehead atoms. The number of halogens is 4. The molecule has 0 atom stereocenters. The Hall–Kier alpha value is -1.72. The predicted octanol–water partition coefficient (Wildman–Crippen LogP) is 2.88. The van der Waals surface area contributed by atoms with Gasteiger partial charge in [0.2, 0.25) is 5.91 Å². The third-order valence-electron chi connectivity index (χ3n) is 4.10. The molecule has 10 heteroatoms. The van der Waals surface area contributed by atoms with Crippen LogP contribution in [0.5, 0.6) is 5.75 Å². The molecule has 1 aromatic carbocycles. The number of aliphatic imine (C=N–C) groups is 1. The van der Waals surface area contributed by atoms with Gasteiger partial charge in [0.1, 0.15) is 5.75 Å². The lowest BCUT2D eigenvalue weighted by molar-refractivity contribution is -0.153. The number of benzene rings is 1. The largest absolute Gasteiger partial charge is 0.484 e. The third kappa shape index (κ3) is 8.11. The average molecular weight is 514 g/mol. The third-order valence-corrected chi connectivity index (χ3v) is 4.10. The monoisotopic (exact) mass is 514 g/mol. The average Bonchev–Trinajstić information content (AvgIpc) is 2.64. The minimum absolute atomic E-state index is 0. The van der Waals surface area contributed by atoms with Crippen LogP contribution in [-0.2, 0) is 11.3 Å². The van der Waals surface area contributed by atoms with Gasteiger partial charge in [-0.25, -0.2) is 4.99 Å². The first kappa shape index (κ1) is 24.3. The molecule has 0 saturated carbocycles. The van der Waals surface area contributed by atoms with E-state index in [-0.39, 0.29) is 35.6 Å². The maximum Gasteiger partial charge on any atom is 0.422 e. The second-order valence-corrected chi connectivity index (χ2v) is 6.21. The molecular weight excluding hydrogens is 488 g/mol. The van der Waals surface area contributed by atoms with Crippen molar-refractivity contribution in [3.63, 3.8) is 0 Å². The van der Waals surface area contributed by atoms with Gasteiger partial charge in [-0.15, -0.1) is 24.0 Å². The van der Waals surface area contributed by atoms with Gasteiger partial charge in [-0.05, 0) is 24.6 Å². The zero-order chi connectivity index (χ0) is 19.9. The molecule has 28 heavy (non-hydrogen) atoms.